The van der Waals surface area contributed by atoms with E-state index in [0.717, 1.165) is 0 Å². The predicted molar refractivity (Wildman–Crippen MR) is 96.9 cm³/mol. The van der Waals surface area contributed by atoms with Gasteiger partial charge in [0, 0.05) is 24.7 Å². The zero-order chi connectivity index (χ0) is 19.1. The Hall–Kier alpha value is -3.55. The fourth-order valence-corrected chi connectivity index (χ4v) is 2.30. The van der Waals surface area contributed by atoms with Crippen LogP contribution in [0.3, 0.4) is 0 Å². The summed E-state index contributed by atoms with van der Waals surface area (Å²) >= 11 is 0. The molecule has 2 aromatic heterocycles. The molecule has 3 aromatic rings. The molecule has 0 aliphatic rings. The molecular weight excluding hydrogens is 348 g/mol. The van der Waals surface area contributed by atoms with Crippen LogP contribution in [-0.2, 0) is 16.0 Å². The largest absolute Gasteiger partial charge is 0.462 e. The molecule has 0 aliphatic heterocycles. The normalized spacial score (nSPS) is 10.4. The minimum atomic E-state index is -0.393. The number of rotatable bonds is 7. The molecule has 138 valence electrons. The maximum absolute atomic E-state index is 12.1. The van der Waals surface area contributed by atoms with Crippen LogP contribution in [0.4, 0.5) is 5.69 Å². The first-order valence-corrected chi connectivity index (χ1v) is 8.46. The number of hydrogen-bond donors (Lipinski definition) is 1. The molecule has 0 saturated heterocycles. The molecule has 0 atom stereocenters. The summed E-state index contributed by atoms with van der Waals surface area (Å²) in [5.74, 6) is 0.163. The van der Waals surface area contributed by atoms with Crippen LogP contribution in [0.2, 0.25) is 0 Å². The summed E-state index contributed by atoms with van der Waals surface area (Å²) in [5, 5.41) is 6.62. The van der Waals surface area contributed by atoms with Crippen LogP contribution in [0, 0.1) is 0 Å². The van der Waals surface area contributed by atoms with Crippen LogP contribution in [-0.4, -0.2) is 33.6 Å². The Morgan fingerprint density at radius 3 is 2.67 bits per heavy atom. The fraction of sp³-hybridized carbons (Fsp3) is 0.211. The Bertz CT molecular complexity index is 907. The SMILES string of the molecule is CCOC(=O)c1ccc(NC(=O)CCc2nc(-c3ccccn3)no2)cc1. The average Bonchev–Trinajstić information content (AvgIpc) is 3.17. The molecule has 0 aliphatic carbocycles. The Morgan fingerprint density at radius 1 is 1.15 bits per heavy atom. The van der Waals surface area contributed by atoms with Gasteiger partial charge in [-0.05, 0) is 43.3 Å². The second kappa shape index (κ2) is 8.70. The van der Waals surface area contributed by atoms with Crippen LogP contribution in [0.15, 0.2) is 53.2 Å². The first-order valence-electron chi connectivity index (χ1n) is 8.46. The highest BCUT2D eigenvalue weighted by molar-refractivity contribution is 5.93. The van der Waals surface area contributed by atoms with Gasteiger partial charge in [-0.15, -0.1) is 0 Å². The lowest BCUT2D eigenvalue weighted by atomic mass is 10.2. The van der Waals surface area contributed by atoms with Crippen molar-refractivity contribution in [2.45, 2.75) is 19.8 Å². The van der Waals surface area contributed by atoms with Crippen LogP contribution in [0.5, 0.6) is 0 Å². The monoisotopic (exact) mass is 366 g/mol. The van der Waals surface area contributed by atoms with Crippen molar-refractivity contribution < 1.29 is 18.8 Å². The van der Waals surface area contributed by atoms with Crippen molar-refractivity contribution in [2.24, 2.45) is 0 Å². The topological polar surface area (TPSA) is 107 Å². The number of benzene rings is 1. The zero-order valence-corrected chi connectivity index (χ0v) is 14.7. The number of amides is 1. The number of carbonyl (C=O) groups excluding carboxylic acids is 2. The van der Waals surface area contributed by atoms with E-state index in [1.54, 1.807) is 49.5 Å². The third-order valence-electron chi connectivity index (χ3n) is 3.61. The van der Waals surface area contributed by atoms with Gasteiger partial charge < -0.3 is 14.6 Å². The number of aryl methyl sites for hydroxylation is 1. The van der Waals surface area contributed by atoms with Crippen molar-refractivity contribution in [3.63, 3.8) is 0 Å². The fourth-order valence-electron chi connectivity index (χ4n) is 2.30. The van der Waals surface area contributed by atoms with E-state index in [1.807, 2.05) is 6.07 Å². The Kier molecular flexibility index (Phi) is 5.88. The van der Waals surface area contributed by atoms with Gasteiger partial charge in [-0.25, -0.2) is 4.79 Å². The number of esters is 1. The van der Waals surface area contributed by atoms with Crippen molar-refractivity contribution in [1.29, 1.82) is 0 Å². The summed E-state index contributed by atoms with van der Waals surface area (Å²) in [6, 6.07) is 11.9. The number of hydrogen-bond acceptors (Lipinski definition) is 7. The highest BCUT2D eigenvalue weighted by atomic mass is 16.5. The van der Waals surface area contributed by atoms with Gasteiger partial charge in [0.05, 0.1) is 12.2 Å². The number of anilines is 1. The molecule has 3 rings (SSSR count). The summed E-state index contributed by atoms with van der Waals surface area (Å²) in [6.45, 7) is 2.06. The molecule has 1 N–H and O–H groups in total. The van der Waals surface area contributed by atoms with E-state index in [4.69, 9.17) is 9.26 Å². The van der Waals surface area contributed by atoms with Gasteiger partial charge in [-0.1, -0.05) is 11.2 Å². The van der Waals surface area contributed by atoms with Crippen molar-refractivity contribution in [3.05, 3.63) is 60.1 Å². The first-order chi connectivity index (χ1) is 13.2. The van der Waals surface area contributed by atoms with Crippen LogP contribution in [0.25, 0.3) is 11.5 Å². The lowest BCUT2D eigenvalue weighted by molar-refractivity contribution is -0.116. The summed E-state index contributed by atoms with van der Waals surface area (Å²) in [5.41, 5.74) is 1.63. The number of ether oxygens (including phenoxy) is 1. The van der Waals surface area contributed by atoms with Crippen LogP contribution < -0.4 is 5.32 Å². The third-order valence-corrected chi connectivity index (χ3v) is 3.61. The molecule has 2 heterocycles. The number of carbonyl (C=O) groups is 2. The molecular formula is C19H18N4O4. The second-order valence-corrected chi connectivity index (χ2v) is 5.57. The van der Waals surface area contributed by atoms with Gasteiger partial charge in [0.15, 0.2) is 0 Å². The van der Waals surface area contributed by atoms with Gasteiger partial charge >= 0.3 is 5.97 Å². The van der Waals surface area contributed by atoms with Crippen molar-refractivity contribution in [2.75, 3.05) is 11.9 Å². The molecule has 1 aromatic carbocycles. The summed E-state index contributed by atoms with van der Waals surface area (Å²) in [4.78, 5) is 32.1. The van der Waals surface area contributed by atoms with E-state index < -0.39 is 5.97 Å². The minimum Gasteiger partial charge on any atom is -0.462 e. The second-order valence-electron chi connectivity index (χ2n) is 5.57. The van der Waals surface area contributed by atoms with E-state index in [9.17, 15) is 9.59 Å². The molecule has 8 nitrogen and oxygen atoms in total. The number of aromatic nitrogens is 3. The summed E-state index contributed by atoms with van der Waals surface area (Å²) in [7, 11) is 0. The molecule has 0 unspecified atom stereocenters. The lowest BCUT2D eigenvalue weighted by Gasteiger charge is -2.06. The molecule has 0 fully saturated rings. The van der Waals surface area contributed by atoms with Crippen LogP contribution in [0.1, 0.15) is 29.6 Å². The third kappa shape index (κ3) is 4.97. The molecule has 0 spiro atoms. The first kappa shape index (κ1) is 18.2. The number of pyridine rings is 1. The summed E-state index contributed by atoms with van der Waals surface area (Å²) < 4.78 is 10.1. The molecule has 27 heavy (non-hydrogen) atoms. The summed E-state index contributed by atoms with van der Waals surface area (Å²) in [6.07, 6.45) is 2.14. The van der Waals surface area contributed by atoms with Gasteiger partial charge in [0.1, 0.15) is 5.69 Å². The quantitative estimate of drug-likeness (QED) is 0.641. The highest BCUT2D eigenvalue weighted by Crippen LogP contribution is 2.14. The Labute approximate surface area is 155 Å². The van der Waals surface area contributed by atoms with Crippen LogP contribution >= 0.6 is 0 Å². The van der Waals surface area contributed by atoms with Gasteiger partial charge in [-0.3, -0.25) is 9.78 Å². The highest BCUT2D eigenvalue weighted by Gasteiger charge is 2.12. The molecule has 0 saturated carbocycles. The van der Waals surface area contributed by atoms with E-state index >= 15 is 0 Å². The van der Waals surface area contributed by atoms with E-state index in [1.165, 1.54) is 0 Å². The number of nitrogens with zero attached hydrogens (tertiary/aromatic N) is 3. The Morgan fingerprint density at radius 2 is 1.96 bits per heavy atom. The van der Waals surface area contributed by atoms with Gasteiger partial charge in [0.2, 0.25) is 17.6 Å². The van der Waals surface area contributed by atoms with Crippen molar-refractivity contribution >= 4 is 17.6 Å². The molecule has 0 radical (unpaired) electrons. The molecule has 8 heteroatoms. The van der Waals surface area contributed by atoms with Crippen molar-refractivity contribution in [1.82, 2.24) is 15.1 Å². The van der Waals surface area contributed by atoms with E-state index in [-0.39, 0.29) is 12.3 Å². The van der Waals surface area contributed by atoms with E-state index in [0.29, 0.717) is 41.7 Å². The van der Waals surface area contributed by atoms with Crippen molar-refractivity contribution in [3.8, 4) is 11.5 Å². The molecule has 1 amide bonds. The van der Waals surface area contributed by atoms with Gasteiger partial charge in [0.25, 0.3) is 0 Å². The Balaban J connectivity index is 1.51. The standard InChI is InChI=1S/C19H18N4O4/c1-2-26-19(25)13-6-8-14(9-7-13)21-16(24)10-11-17-22-18(23-27-17)15-5-3-4-12-20-15/h3-9,12H,2,10-11H2,1H3,(H,21,24). The number of nitrogens with one attached hydrogen (secondary N) is 1. The average molecular weight is 366 g/mol. The lowest BCUT2D eigenvalue weighted by Crippen LogP contribution is -2.12. The predicted octanol–water partition coefficient (Wildman–Crippen LogP) is 2.88. The zero-order valence-electron chi connectivity index (χ0n) is 14.7. The smallest absolute Gasteiger partial charge is 0.338 e. The van der Waals surface area contributed by atoms with Gasteiger partial charge in [-0.2, -0.15) is 4.98 Å². The van der Waals surface area contributed by atoms with E-state index in [2.05, 4.69) is 20.4 Å². The molecule has 0 bridgehead atoms. The maximum atomic E-state index is 12.1. The maximum Gasteiger partial charge on any atom is 0.338 e. The minimum absolute atomic E-state index is 0.184.